The number of aromatic nitrogens is 2. The Morgan fingerprint density at radius 3 is 3.00 bits per heavy atom. The topological polar surface area (TPSA) is 88.3 Å². The van der Waals surface area contributed by atoms with Crippen molar-refractivity contribution in [3.8, 4) is 10.7 Å². The Morgan fingerprint density at radius 2 is 2.16 bits per heavy atom. The Labute approximate surface area is 147 Å². The van der Waals surface area contributed by atoms with E-state index in [4.69, 9.17) is 4.52 Å². The molecular weight excluding hydrogens is 340 g/mol. The summed E-state index contributed by atoms with van der Waals surface area (Å²) in [6, 6.07) is 11.1. The van der Waals surface area contributed by atoms with E-state index in [2.05, 4.69) is 15.5 Å². The molecule has 0 bridgehead atoms. The molecule has 0 radical (unpaired) electrons. The van der Waals surface area contributed by atoms with E-state index in [0.717, 1.165) is 4.88 Å². The summed E-state index contributed by atoms with van der Waals surface area (Å²) in [7, 11) is 0. The molecule has 8 heteroatoms. The molecule has 0 unspecified atom stereocenters. The first-order chi connectivity index (χ1) is 12.2. The van der Waals surface area contributed by atoms with Gasteiger partial charge in [-0.05, 0) is 23.6 Å². The third-order valence-corrected chi connectivity index (χ3v) is 4.70. The van der Waals surface area contributed by atoms with Crippen molar-refractivity contribution < 1.29 is 14.1 Å². The molecule has 2 aromatic heterocycles. The lowest BCUT2D eigenvalue weighted by Crippen LogP contribution is -2.42. The van der Waals surface area contributed by atoms with Gasteiger partial charge in [-0.25, -0.2) is 0 Å². The van der Waals surface area contributed by atoms with Crippen LogP contribution in [0.5, 0.6) is 0 Å². The maximum absolute atomic E-state index is 12.6. The summed E-state index contributed by atoms with van der Waals surface area (Å²) in [5.74, 6) is 0.578. The molecule has 0 saturated carbocycles. The lowest BCUT2D eigenvalue weighted by molar-refractivity contribution is -0.121. The molecule has 1 aliphatic rings. The van der Waals surface area contributed by atoms with Gasteiger partial charge in [0.2, 0.25) is 23.5 Å². The molecule has 0 spiro atoms. The third kappa shape index (κ3) is 3.16. The quantitative estimate of drug-likeness (QED) is 0.778. The van der Waals surface area contributed by atoms with Gasteiger partial charge in [-0.15, -0.1) is 11.3 Å². The molecule has 25 heavy (non-hydrogen) atoms. The molecule has 7 nitrogen and oxygen atoms in total. The highest BCUT2D eigenvalue weighted by atomic mass is 32.1. The maximum Gasteiger partial charge on any atom is 0.244 e. The average Bonchev–Trinajstić information content (AvgIpc) is 3.30. The number of anilines is 2. The maximum atomic E-state index is 12.6. The summed E-state index contributed by atoms with van der Waals surface area (Å²) in [5.41, 5.74) is 1.35. The van der Waals surface area contributed by atoms with Crippen molar-refractivity contribution in [2.45, 2.75) is 12.8 Å². The molecule has 4 rings (SSSR count). The van der Waals surface area contributed by atoms with Crippen LogP contribution in [0.2, 0.25) is 0 Å². The number of carbonyl (C=O) groups excluding carboxylic acids is 2. The largest absolute Gasteiger partial charge is 0.339 e. The van der Waals surface area contributed by atoms with Crippen LogP contribution in [-0.4, -0.2) is 28.5 Å². The molecule has 1 aromatic carbocycles. The Kier molecular flexibility index (Phi) is 4.02. The highest BCUT2D eigenvalue weighted by Crippen LogP contribution is 2.29. The number of benzene rings is 1. The minimum atomic E-state index is -0.204. The van der Waals surface area contributed by atoms with Crippen molar-refractivity contribution in [1.29, 1.82) is 0 Å². The predicted octanol–water partition coefficient (Wildman–Crippen LogP) is 2.72. The molecule has 0 saturated heterocycles. The number of nitrogens with zero attached hydrogens (tertiary/aromatic N) is 3. The van der Waals surface area contributed by atoms with Crippen LogP contribution in [0.4, 0.5) is 11.4 Å². The van der Waals surface area contributed by atoms with E-state index in [1.165, 1.54) is 16.2 Å². The number of fused-ring (bicyclic) bond motifs is 1. The van der Waals surface area contributed by atoms with Gasteiger partial charge in [-0.1, -0.05) is 23.4 Å². The van der Waals surface area contributed by atoms with Gasteiger partial charge in [0.15, 0.2) is 0 Å². The second-order valence-corrected chi connectivity index (χ2v) is 6.48. The first-order valence-corrected chi connectivity index (χ1v) is 8.64. The van der Waals surface area contributed by atoms with E-state index in [0.29, 0.717) is 29.5 Å². The number of amides is 2. The Balaban J connectivity index is 1.45. The van der Waals surface area contributed by atoms with E-state index in [-0.39, 0.29) is 24.8 Å². The number of hydrogen-bond donors (Lipinski definition) is 1. The lowest BCUT2D eigenvalue weighted by atomic mass is 10.1. The summed E-state index contributed by atoms with van der Waals surface area (Å²) in [6.45, 7) is 0.0140. The van der Waals surface area contributed by atoms with Crippen LogP contribution in [-0.2, 0) is 16.0 Å². The number of thiophene rings is 1. The van der Waals surface area contributed by atoms with Crippen LogP contribution in [0.25, 0.3) is 10.7 Å². The van der Waals surface area contributed by atoms with Crippen molar-refractivity contribution in [1.82, 2.24) is 10.1 Å². The van der Waals surface area contributed by atoms with Crippen LogP contribution in [0.3, 0.4) is 0 Å². The van der Waals surface area contributed by atoms with E-state index in [9.17, 15) is 9.59 Å². The fourth-order valence-corrected chi connectivity index (χ4v) is 3.32. The van der Waals surface area contributed by atoms with Crippen LogP contribution in [0.15, 0.2) is 46.3 Å². The molecule has 1 N–H and O–H groups in total. The van der Waals surface area contributed by atoms with Crippen LogP contribution >= 0.6 is 11.3 Å². The minimum Gasteiger partial charge on any atom is -0.339 e. The molecule has 2 amide bonds. The van der Waals surface area contributed by atoms with Crippen molar-refractivity contribution in [3.63, 3.8) is 0 Å². The predicted molar refractivity (Wildman–Crippen MR) is 93.4 cm³/mol. The van der Waals surface area contributed by atoms with Crippen molar-refractivity contribution >= 4 is 34.5 Å². The van der Waals surface area contributed by atoms with E-state index in [1.807, 2.05) is 35.7 Å². The summed E-state index contributed by atoms with van der Waals surface area (Å²) < 4.78 is 5.21. The van der Waals surface area contributed by atoms with Crippen molar-refractivity contribution in [2.24, 2.45) is 0 Å². The average molecular weight is 354 g/mol. The molecule has 0 atom stereocenters. The highest BCUT2D eigenvalue weighted by Gasteiger charge is 2.26. The minimum absolute atomic E-state index is 0.0140. The number of para-hydroxylation sites is 2. The summed E-state index contributed by atoms with van der Waals surface area (Å²) in [6.07, 6.45) is 0.519. The number of aryl methyl sites for hydroxylation is 1. The van der Waals surface area contributed by atoms with Crippen LogP contribution < -0.4 is 10.2 Å². The van der Waals surface area contributed by atoms with Crippen LogP contribution in [0.1, 0.15) is 12.3 Å². The highest BCUT2D eigenvalue weighted by molar-refractivity contribution is 7.13. The monoisotopic (exact) mass is 354 g/mol. The van der Waals surface area contributed by atoms with E-state index < -0.39 is 0 Å². The van der Waals surface area contributed by atoms with Gasteiger partial charge in [0.05, 0.1) is 16.3 Å². The zero-order valence-corrected chi connectivity index (χ0v) is 14.0. The van der Waals surface area contributed by atoms with E-state index >= 15 is 0 Å². The first-order valence-electron chi connectivity index (χ1n) is 7.76. The second kappa shape index (κ2) is 6.48. The lowest BCUT2D eigenvalue weighted by Gasteiger charge is -2.29. The zero-order valence-electron chi connectivity index (χ0n) is 13.1. The summed E-state index contributed by atoms with van der Waals surface area (Å²) >= 11 is 1.52. The van der Waals surface area contributed by atoms with Gasteiger partial charge in [0.25, 0.3) is 0 Å². The van der Waals surface area contributed by atoms with Gasteiger partial charge in [0, 0.05) is 12.8 Å². The fraction of sp³-hybridized carbons (Fsp3) is 0.176. The van der Waals surface area contributed by atoms with Gasteiger partial charge in [0.1, 0.15) is 6.54 Å². The first kappa shape index (κ1) is 15.5. The van der Waals surface area contributed by atoms with Crippen molar-refractivity contribution in [2.75, 3.05) is 16.8 Å². The Bertz CT molecular complexity index is 920. The van der Waals surface area contributed by atoms with Gasteiger partial charge in [-0.3, -0.25) is 9.59 Å². The van der Waals surface area contributed by atoms with Gasteiger partial charge < -0.3 is 14.7 Å². The molecule has 0 aliphatic carbocycles. The summed E-state index contributed by atoms with van der Waals surface area (Å²) in [5, 5.41) is 8.64. The smallest absolute Gasteiger partial charge is 0.244 e. The fourth-order valence-electron chi connectivity index (χ4n) is 2.67. The normalized spacial score (nSPS) is 13.4. The SMILES string of the molecule is O=C1CN(C(=O)CCc2nc(-c3cccs3)no2)c2ccccc2N1. The van der Waals surface area contributed by atoms with Crippen molar-refractivity contribution in [3.05, 3.63) is 47.7 Å². The number of nitrogens with one attached hydrogen (secondary N) is 1. The molecular formula is C17H14N4O3S. The van der Waals surface area contributed by atoms with E-state index in [1.54, 1.807) is 6.07 Å². The number of hydrogen-bond acceptors (Lipinski definition) is 6. The molecule has 3 heterocycles. The molecule has 1 aliphatic heterocycles. The number of carbonyl (C=O) groups is 2. The molecule has 0 fully saturated rings. The van der Waals surface area contributed by atoms with Crippen LogP contribution in [0, 0.1) is 0 Å². The van der Waals surface area contributed by atoms with Gasteiger partial charge >= 0.3 is 0 Å². The summed E-state index contributed by atoms with van der Waals surface area (Å²) in [4.78, 5) is 31.1. The second-order valence-electron chi connectivity index (χ2n) is 5.53. The Morgan fingerprint density at radius 1 is 1.28 bits per heavy atom. The zero-order chi connectivity index (χ0) is 17.2. The molecule has 3 aromatic rings. The molecule has 126 valence electrons. The number of rotatable bonds is 4. The standard InChI is InChI=1S/C17H14N4O3S/c22-14-10-21(12-5-2-1-4-11(12)18-14)16(23)8-7-15-19-17(20-24-15)13-6-3-9-25-13/h1-6,9H,7-8,10H2,(H,18,22). The Hall–Kier alpha value is -3.00. The third-order valence-electron chi connectivity index (χ3n) is 3.83. The van der Waals surface area contributed by atoms with Gasteiger partial charge in [-0.2, -0.15) is 4.98 Å².